The number of carboxylic acids is 1. The van der Waals surface area contributed by atoms with E-state index in [1.165, 1.54) is 0 Å². The molecule has 1 N–H and O–H groups in total. The molecule has 1 unspecified atom stereocenters. The standard InChI is InChI=1S/C13H17N3O4/c1-9(12(18)15-7-3-2-4-8-15)16-11(17)6-5-10(14-16)13(19)20/h5-6,9H,2-4,7-8H2,1H3,(H,19,20). The average Bonchev–Trinajstić information content (AvgIpc) is 2.47. The molecule has 108 valence electrons. The fraction of sp³-hybridized carbons (Fsp3) is 0.538. The Kier molecular flexibility index (Phi) is 4.16. The molecule has 0 bridgehead atoms. The van der Waals surface area contributed by atoms with Gasteiger partial charge in [0.05, 0.1) is 0 Å². The predicted molar refractivity (Wildman–Crippen MR) is 70.6 cm³/mol. The van der Waals surface area contributed by atoms with E-state index in [1.54, 1.807) is 11.8 Å². The van der Waals surface area contributed by atoms with Crippen molar-refractivity contribution in [2.24, 2.45) is 0 Å². The molecule has 1 aromatic rings. The zero-order chi connectivity index (χ0) is 14.7. The molecule has 1 aliphatic rings. The first-order valence-electron chi connectivity index (χ1n) is 6.62. The highest BCUT2D eigenvalue weighted by Crippen LogP contribution is 2.14. The Morgan fingerprint density at radius 2 is 1.90 bits per heavy atom. The number of rotatable bonds is 3. The highest BCUT2D eigenvalue weighted by molar-refractivity contribution is 5.85. The van der Waals surface area contributed by atoms with Gasteiger partial charge in [-0.05, 0) is 32.3 Å². The summed E-state index contributed by atoms with van der Waals surface area (Å²) >= 11 is 0. The molecular formula is C13H17N3O4. The number of carbonyl (C=O) groups is 2. The van der Waals surface area contributed by atoms with E-state index in [-0.39, 0.29) is 11.6 Å². The van der Waals surface area contributed by atoms with E-state index in [0.29, 0.717) is 13.1 Å². The molecule has 1 aliphatic heterocycles. The molecule has 2 rings (SSSR count). The van der Waals surface area contributed by atoms with E-state index in [9.17, 15) is 14.4 Å². The first-order chi connectivity index (χ1) is 9.50. The van der Waals surface area contributed by atoms with E-state index >= 15 is 0 Å². The zero-order valence-electron chi connectivity index (χ0n) is 11.3. The third-order valence-electron chi connectivity index (χ3n) is 3.44. The van der Waals surface area contributed by atoms with Gasteiger partial charge in [0.2, 0.25) is 5.91 Å². The van der Waals surface area contributed by atoms with Gasteiger partial charge in [-0.2, -0.15) is 5.10 Å². The summed E-state index contributed by atoms with van der Waals surface area (Å²) in [7, 11) is 0. The van der Waals surface area contributed by atoms with Crippen molar-refractivity contribution < 1.29 is 14.7 Å². The van der Waals surface area contributed by atoms with Crippen molar-refractivity contribution in [2.45, 2.75) is 32.2 Å². The summed E-state index contributed by atoms with van der Waals surface area (Å²) in [5.41, 5.74) is -0.726. The summed E-state index contributed by atoms with van der Waals surface area (Å²) in [6.07, 6.45) is 3.01. The lowest BCUT2D eigenvalue weighted by molar-refractivity contribution is -0.135. The minimum Gasteiger partial charge on any atom is -0.476 e. The van der Waals surface area contributed by atoms with E-state index < -0.39 is 17.6 Å². The maximum absolute atomic E-state index is 12.3. The van der Waals surface area contributed by atoms with Gasteiger partial charge in [-0.15, -0.1) is 0 Å². The van der Waals surface area contributed by atoms with Gasteiger partial charge in [0.15, 0.2) is 5.69 Å². The molecule has 1 aromatic heterocycles. The number of nitrogens with zero attached hydrogens (tertiary/aromatic N) is 3. The average molecular weight is 279 g/mol. The molecule has 0 saturated carbocycles. The largest absolute Gasteiger partial charge is 0.476 e. The second-order valence-electron chi connectivity index (χ2n) is 4.87. The number of piperidine rings is 1. The van der Waals surface area contributed by atoms with Gasteiger partial charge in [-0.1, -0.05) is 0 Å². The van der Waals surface area contributed by atoms with Gasteiger partial charge in [0.1, 0.15) is 6.04 Å². The molecule has 7 heteroatoms. The van der Waals surface area contributed by atoms with Gasteiger partial charge >= 0.3 is 5.97 Å². The first kappa shape index (κ1) is 14.2. The predicted octanol–water partition coefficient (Wildman–Crippen LogP) is 0.515. The Balaban J connectivity index is 2.25. The first-order valence-corrected chi connectivity index (χ1v) is 6.62. The van der Waals surface area contributed by atoms with Crippen LogP contribution in [-0.2, 0) is 4.79 Å². The summed E-state index contributed by atoms with van der Waals surface area (Å²) < 4.78 is 0.945. The van der Waals surface area contributed by atoms with Crippen molar-refractivity contribution in [3.63, 3.8) is 0 Å². The lowest BCUT2D eigenvalue weighted by Gasteiger charge is -2.29. The molecule has 20 heavy (non-hydrogen) atoms. The van der Waals surface area contributed by atoms with Crippen LogP contribution < -0.4 is 5.56 Å². The van der Waals surface area contributed by atoms with Crippen LogP contribution in [0.15, 0.2) is 16.9 Å². The molecule has 0 spiro atoms. The maximum Gasteiger partial charge on any atom is 0.356 e. The molecular weight excluding hydrogens is 262 g/mol. The van der Waals surface area contributed by atoms with Crippen LogP contribution in [-0.4, -0.2) is 44.8 Å². The van der Waals surface area contributed by atoms with E-state index in [4.69, 9.17) is 5.11 Å². The Hall–Kier alpha value is -2.18. The molecule has 1 amide bonds. The number of hydrogen-bond acceptors (Lipinski definition) is 4. The third-order valence-corrected chi connectivity index (χ3v) is 3.44. The fourth-order valence-electron chi connectivity index (χ4n) is 2.30. The minimum absolute atomic E-state index is 0.193. The van der Waals surface area contributed by atoms with Crippen molar-refractivity contribution in [3.8, 4) is 0 Å². The van der Waals surface area contributed by atoms with Crippen LogP contribution in [0.5, 0.6) is 0 Å². The topological polar surface area (TPSA) is 92.5 Å². The van der Waals surface area contributed by atoms with Crippen molar-refractivity contribution in [3.05, 3.63) is 28.2 Å². The summed E-state index contributed by atoms with van der Waals surface area (Å²) in [6, 6.07) is 1.47. The lowest BCUT2D eigenvalue weighted by Crippen LogP contribution is -2.42. The van der Waals surface area contributed by atoms with Crippen LogP contribution in [0.2, 0.25) is 0 Å². The summed E-state index contributed by atoms with van der Waals surface area (Å²) in [5.74, 6) is -1.42. The number of aromatic carboxylic acids is 1. The normalized spacial score (nSPS) is 16.8. The second-order valence-corrected chi connectivity index (χ2v) is 4.87. The fourth-order valence-corrected chi connectivity index (χ4v) is 2.30. The lowest BCUT2D eigenvalue weighted by atomic mass is 10.1. The number of amides is 1. The van der Waals surface area contributed by atoms with Crippen LogP contribution in [0.3, 0.4) is 0 Å². The molecule has 1 atom stereocenters. The molecule has 0 aliphatic carbocycles. The molecule has 1 saturated heterocycles. The molecule has 7 nitrogen and oxygen atoms in total. The van der Waals surface area contributed by atoms with Crippen LogP contribution >= 0.6 is 0 Å². The molecule has 0 aromatic carbocycles. The second kappa shape index (κ2) is 5.85. The Morgan fingerprint density at radius 1 is 1.25 bits per heavy atom. The van der Waals surface area contributed by atoms with Gasteiger partial charge in [0, 0.05) is 19.2 Å². The van der Waals surface area contributed by atoms with Crippen LogP contribution in [0.4, 0.5) is 0 Å². The monoisotopic (exact) mass is 279 g/mol. The quantitative estimate of drug-likeness (QED) is 0.870. The maximum atomic E-state index is 12.3. The Labute approximate surface area is 115 Å². The van der Waals surface area contributed by atoms with E-state index in [2.05, 4.69) is 5.10 Å². The van der Waals surface area contributed by atoms with E-state index in [1.807, 2.05) is 0 Å². The van der Waals surface area contributed by atoms with Gasteiger partial charge in [-0.3, -0.25) is 9.59 Å². The van der Waals surface area contributed by atoms with Crippen molar-refractivity contribution in [1.29, 1.82) is 0 Å². The summed E-state index contributed by atoms with van der Waals surface area (Å²) in [5, 5.41) is 12.6. The number of carboxylic acid groups (broad SMARTS) is 1. The minimum atomic E-state index is -1.23. The van der Waals surface area contributed by atoms with Crippen LogP contribution in [0, 0.1) is 0 Å². The van der Waals surface area contributed by atoms with Crippen molar-refractivity contribution in [2.75, 3.05) is 13.1 Å². The number of hydrogen-bond donors (Lipinski definition) is 1. The number of aromatic nitrogens is 2. The van der Waals surface area contributed by atoms with Gasteiger partial charge < -0.3 is 10.0 Å². The summed E-state index contributed by atoms with van der Waals surface area (Å²) in [4.78, 5) is 36.7. The van der Waals surface area contributed by atoms with Crippen LogP contribution in [0.25, 0.3) is 0 Å². The third kappa shape index (κ3) is 2.87. The highest BCUT2D eigenvalue weighted by atomic mass is 16.4. The SMILES string of the molecule is CC(C(=O)N1CCCCC1)n1nc(C(=O)O)ccc1=O. The molecule has 1 fully saturated rings. The number of carbonyl (C=O) groups excluding carboxylic acids is 1. The molecule has 2 heterocycles. The zero-order valence-corrected chi connectivity index (χ0v) is 11.3. The number of likely N-dealkylation sites (tertiary alicyclic amines) is 1. The van der Waals surface area contributed by atoms with Crippen molar-refractivity contribution >= 4 is 11.9 Å². The molecule has 0 radical (unpaired) electrons. The van der Waals surface area contributed by atoms with E-state index in [0.717, 1.165) is 36.1 Å². The smallest absolute Gasteiger partial charge is 0.356 e. The Bertz CT molecular complexity index is 575. The Morgan fingerprint density at radius 3 is 2.50 bits per heavy atom. The van der Waals surface area contributed by atoms with Gasteiger partial charge in [0.25, 0.3) is 5.56 Å². The van der Waals surface area contributed by atoms with Crippen LogP contribution in [0.1, 0.15) is 42.7 Å². The van der Waals surface area contributed by atoms with Gasteiger partial charge in [-0.25, -0.2) is 9.48 Å². The highest BCUT2D eigenvalue weighted by Gasteiger charge is 2.25. The summed E-state index contributed by atoms with van der Waals surface area (Å²) in [6.45, 7) is 2.92. The van der Waals surface area contributed by atoms with Crippen molar-refractivity contribution in [1.82, 2.24) is 14.7 Å².